The van der Waals surface area contributed by atoms with Gasteiger partial charge in [-0.15, -0.1) is 0 Å². The first-order chi connectivity index (χ1) is 8.77. The molecule has 2 nitrogen and oxygen atoms in total. The van der Waals surface area contributed by atoms with Gasteiger partial charge in [-0.1, -0.05) is 76.9 Å². The number of hydrogen-bond acceptors (Lipinski definition) is 1. The first-order valence-electron chi connectivity index (χ1n) is 7.64. The van der Waals surface area contributed by atoms with Gasteiger partial charge in [0, 0.05) is 0 Å². The molecule has 0 aromatic rings. The van der Waals surface area contributed by atoms with Gasteiger partial charge in [0.15, 0.2) is 0 Å². The summed E-state index contributed by atoms with van der Waals surface area (Å²) >= 11 is 0. The number of hydrogen-bond donors (Lipinski definition) is 1. The molecule has 0 aliphatic rings. The zero-order chi connectivity index (χ0) is 13.5. The molecule has 0 saturated carbocycles. The highest BCUT2D eigenvalue weighted by Crippen LogP contribution is 2.11. The van der Waals surface area contributed by atoms with E-state index in [2.05, 4.69) is 6.92 Å². The SMILES string of the molecule is CCCCCCCCCCCCC=CCC(=O)O. The zero-order valence-electron chi connectivity index (χ0n) is 12.0. The van der Waals surface area contributed by atoms with Gasteiger partial charge in [-0.25, -0.2) is 0 Å². The maximum absolute atomic E-state index is 10.2. The van der Waals surface area contributed by atoms with Gasteiger partial charge in [-0.05, 0) is 12.8 Å². The van der Waals surface area contributed by atoms with Gasteiger partial charge in [0.05, 0.1) is 6.42 Å². The summed E-state index contributed by atoms with van der Waals surface area (Å²) in [6.45, 7) is 2.25. The lowest BCUT2D eigenvalue weighted by atomic mass is 10.1. The van der Waals surface area contributed by atoms with Crippen LogP contribution in [0.5, 0.6) is 0 Å². The van der Waals surface area contributed by atoms with Crippen LogP contribution in [0.1, 0.15) is 84.0 Å². The average molecular weight is 254 g/mol. The van der Waals surface area contributed by atoms with Gasteiger partial charge in [0.25, 0.3) is 0 Å². The van der Waals surface area contributed by atoms with E-state index in [-0.39, 0.29) is 6.42 Å². The molecule has 0 unspecified atom stereocenters. The smallest absolute Gasteiger partial charge is 0.307 e. The second-order valence-electron chi connectivity index (χ2n) is 5.04. The van der Waals surface area contributed by atoms with Crippen molar-refractivity contribution in [3.8, 4) is 0 Å². The fourth-order valence-corrected chi connectivity index (χ4v) is 2.05. The number of carboxylic acid groups (broad SMARTS) is 1. The highest BCUT2D eigenvalue weighted by molar-refractivity contribution is 5.68. The molecule has 1 N–H and O–H groups in total. The maximum atomic E-state index is 10.2. The lowest BCUT2D eigenvalue weighted by Crippen LogP contribution is -1.89. The molecule has 0 rings (SSSR count). The summed E-state index contributed by atoms with van der Waals surface area (Å²) < 4.78 is 0. The molecule has 0 spiro atoms. The summed E-state index contributed by atoms with van der Waals surface area (Å²) in [6.07, 6.45) is 18.5. The number of unbranched alkanes of at least 4 members (excludes halogenated alkanes) is 10. The van der Waals surface area contributed by atoms with Crippen LogP contribution in [-0.4, -0.2) is 11.1 Å². The summed E-state index contributed by atoms with van der Waals surface area (Å²) in [5.41, 5.74) is 0. The van der Waals surface area contributed by atoms with Crippen LogP contribution in [0.3, 0.4) is 0 Å². The van der Waals surface area contributed by atoms with Gasteiger partial charge < -0.3 is 5.11 Å². The minimum Gasteiger partial charge on any atom is -0.481 e. The molecule has 0 aromatic carbocycles. The van der Waals surface area contributed by atoms with E-state index < -0.39 is 5.97 Å². The molecule has 0 saturated heterocycles. The Morgan fingerprint density at radius 3 is 1.83 bits per heavy atom. The topological polar surface area (TPSA) is 37.3 Å². The minimum absolute atomic E-state index is 0.164. The Hall–Kier alpha value is -0.790. The van der Waals surface area contributed by atoms with Crippen LogP contribution in [0.2, 0.25) is 0 Å². The Labute approximate surface area is 112 Å². The molecule has 0 radical (unpaired) electrons. The minimum atomic E-state index is -0.741. The van der Waals surface area contributed by atoms with E-state index in [4.69, 9.17) is 5.11 Å². The van der Waals surface area contributed by atoms with E-state index in [9.17, 15) is 4.79 Å². The fraction of sp³-hybridized carbons (Fsp3) is 0.812. The van der Waals surface area contributed by atoms with Crippen LogP contribution in [0.15, 0.2) is 12.2 Å². The van der Waals surface area contributed by atoms with Gasteiger partial charge in [-0.2, -0.15) is 0 Å². The molecule has 0 atom stereocenters. The Bertz CT molecular complexity index is 209. The Morgan fingerprint density at radius 2 is 1.33 bits per heavy atom. The quantitative estimate of drug-likeness (QED) is 0.356. The molecule has 106 valence electrons. The normalized spacial score (nSPS) is 11.2. The second kappa shape index (κ2) is 14.3. The lowest BCUT2D eigenvalue weighted by molar-refractivity contribution is -0.136. The van der Waals surface area contributed by atoms with E-state index in [0.29, 0.717) is 0 Å². The third-order valence-electron chi connectivity index (χ3n) is 3.18. The van der Waals surface area contributed by atoms with Gasteiger partial charge in [-0.3, -0.25) is 4.79 Å². The van der Waals surface area contributed by atoms with Crippen molar-refractivity contribution in [3.05, 3.63) is 12.2 Å². The van der Waals surface area contributed by atoms with Crippen LogP contribution in [0.25, 0.3) is 0 Å². The van der Waals surface area contributed by atoms with Gasteiger partial charge >= 0.3 is 5.97 Å². The van der Waals surface area contributed by atoms with Crippen LogP contribution < -0.4 is 0 Å². The number of aliphatic carboxylic acids is 1. The molecule has 0 fully saturated rings. The lowest BCUT2D eigenvalue weighted by Gasteiger charge is -2.01. The molecule has 18 heavy (non-hydrogen) atoms. The van der Waals surface area contributed by atoms with E-state index in [0.717, 1.165) is 6.42 Å². The van der Waals surface area contributed by atoms with Crippen molar-refractivity contribution < 1.29 is 9.90 Å². The first-order valence-corrected chi connectivity index (χ1v) is 7.64. The van der Waals surface area contributed by atoms with E-state index in [1.54, 1.807) is 6.08 Å². The molecule has 0 bridgehead atoms. The number of allylic oxidation sites excluding steroid dienone is 1. The van der Waals surface area contributed by atoms with Crippen LogP contribution in [-0.2, 0) is 4.79 Å². The standard InChI is InChI=1S/C16H30O2/c1-2-3-4-5-6-7-8-9-10-11-12-13-14-15-16(17)18/h13-14H,2-12,15H2,1H3,(H,17,18). The highest BCUT2D eigenvalue weighted by atomic mass is 16.4. The largest absolute Gasteiger partial charge is 0.481 e. The van der Waals surface area contributed by atoms with Crippen LogP contribution >= 0.6 is 0 Å². The average Bonchev–Trinajstić information content (AvgIpc) is 2.34. The first kappa shape index (κ1) is 17.2. The zero-order valence-corrected chi connectivity index (χ0v) is 12.0. The number of carboxylic acids is 1. The molecule has 0 amide bonds. The molecule has 0 aliphatic carbocycles. The van der Waals surface area contributed by atoms with Crippen molar-refractivity contribution in [2.24, 2.45) is 0 Å². The van der Waals surface area contributed by atoms with Crippen molar-refractivity contribution in [3.63, 3.8) is 0 Å². The fourth-order valence-electron chi connectivity index (χ4n) is 2.05. The monoisotopic (exact) mass is 254 g/mol. The number of rotatable bonds is 13. The Kier molecular flexibility index (Phi) is 13.6. The second-order valence-corrected chi connectivity index (χ2v) is 5.04. The summed E-state index contributed by atoms with van der Waals surface area (Å²) in [7, 11) is 0. The van der Waals surface area contributed by atoms with Crippen LogP contribution in [0.4, 0.5) is 0 Å². The van der Waals surface area contributed by atoms with Crippen molar-refractivity contribution in [1.82, 2.24) is 0 Å². The number of carbonyl (C=O) groups is 1. The molecule has 0 aliphatic heterocycles. The van der Waals surface area contributed by atoms with E-state index in [1.807, 2.05) is 6.08 Å². The molecule has 2 heteroatoms. The van der Waals surface area contributed by atoms with Gasteiger partial charge in [0.1, 0.15) is 0 Å². The summed E-state index contributed by atoms with van der Waals surface area (Å²) in [6, 6.07) is 0. The van der Waals surface area contributed by atoms with E-state index in [1.165, 1.54) is 64.2 Å². The third kappa shape index (κ3) is 15.2. The van der Waals surface area contributed by atoms with Crippen molar-refractivity contribution >= 4 is 5.97 Å². The molecule has 0 heterocycles. The predicted molar refractivity (Wildman–Crippen MR) is 77.9 cm³/mol. The molecular weight excluding hydrogens is 224 g/mol. The highest BCUT2D eigenvalue weighted by Gasteiger charge is 1.92. The maximum Gasteiger partial charge on any atom is 0.307 e. The van der Waals surface area contributed by atoms with E-state index >= 15 is 0 Å². The summed E-state index contributed by atoms with van der Waals surface area (Å²) in [4.78, 5) is 10.2. The van der Waals surface area contributed by atoms with Crippen LogP contribution in [0, 0.1) is 0 Å². The van der Waals surface area contributed by atoms with Crippen molar-refractivity contribution in [1.29, 1.82) is 0 Å². The van der Waals surface area contributed by atoms with Crippen molar-refractivity contribution in [2.75, 3.05) is 0 Å². The summed E-state index contributed by atoms with van der Waals surface area (Å²) in [5.74, 6) is -0.741. The molecule has 0 aromatic heterocycles. The van der Waals surface area contributed by atoms with Gasteiger partial charge in [0.2, 0.25) is 0 Å². The molecular formula is C16H30O2. The van der Waals surface area contributed by atoms with Crippen molar-refractivity contribution in [2.45, 2.75) is 84.0 Å². The predicted octanol–water partition coefficient (Wildman–Crippen LogP) is 5.33. The summed E-state index contributed by atoms with van der Waals surface area (Å²) in [5, 5.41) is 8.44. The third-order valence-corrected chi connectivity index (χ3v) is 3.18. The Morgan fingerprint density at radius 1 is 0.833 bits per heavy atom. The Balaban J connectivity index is 3.03.